The number of carbonyl (C=O) groups excluding carboxylic acids is 1. The molecule has 1 saturated carbocycles. The van der Waals surface area contributed by atoms with Gasteiger partial charge < -0.3 is 10.2 Å². The van der Waals surface area contributed by atoms with E-state index in [-0.39, 0.29) is 11.3 Å². The molecule has 1 amide bonds. The van der Waals surface area contributed by atoms with E-state index in [4.69, 9.17) is 0 Å². The lowest BCUT2D eigenvalue weighted by atomic mass is 9.81. The largest absolute Gasteiger partial charge is 0.338 e. The SMILES string of the molecule is CC1(C)CCCC1C(=O)N1CCCC1C1CCCN1. The van der Waals surface area contributed by atoms with Crippen molar-refractivity contribution in [2.45, 2.75) is 70.9 Å². The molecule has 0 aromatic carbocycles. The van der Waals surface area contributed by atoms with E-state index < -0.39 is 0 Å². The molecular formula is C16H28N2O. The fraction of sp³-hybridized carbons (Fsp3) is 0.938. The maximum Gasteiger partial charge on any atom is 0.226 e. The van der Waals surface area contributed by atoms with Gasteiger partial charge in [0.05, 0.1) is 0 Å². The summed E-state index contributed by atoms with van der Waals surface area (Å²) < 4.78 is 0. The second kappa shape index (κ2) is 5.08. The summed E-state index contributed by atoms with van der Waals surface area (Å²) in [4.78, 5) is 15.2. The normalized spacial score (nSPS) is 38.0. The van der Waals surface area contributed by atoms with Crippen LogP contribution in [0.1, 0.15) is 58.8 Å². The Bertz CT molecular complexity index is 347. The summed E-state index contributed by atoms with van der Waals surface area (Å²) in [5.74, 6) is 0.730. The van der Waals surface area contributed by atoms with Gasteiger partial charge in [0.15, 0.2) is 0 Å². The molecule has 3 nitrogen and oxygen atoms in total. The smallest absolute Gasteiger partial charge is 0.226 e. The third-order valence-electron chi connectivity index (χ3n) is 5.70. The van der Waals surface area contributed by atoms with Crippen LogP contribution in [0.15, 0.2) is 0 Å². The molecule has 3 unspecified atom stereocenters. The number of nitrogens with zero attached hydrogens (tertiary/aromatic N) is 1. The van der Waals surface area contributed by atoms with Crippen molar-refractivity contribution < 1.29 is 4.79 Å². The van der Waals surface area contributed by atoms with Crippen LogP contribution in [-0.2, 0) is 4.79 Å². The number of hydrogen-bond donors (Lipinski definition) is 1. The van der Waals surface area contributed by atoms with Crippen LogP contribution in [0.2, 0.25) is 0 Å². The Morgan fingerprint density at radius 1 is 1.16 bits per heavy atom. The Hall–Kier alpha value is -0.570. The molecule has 3 rings (SSSR count). The standard InChI is InChI=1S/C16H28N2O/c1-16(2)9-3-6-12(16)15(19)18-11-5-8-14(18)13-7-4-10-17-13/h12-14,17H,3-11H2,1-2H3. The van der Waals surface area contributed by atoms with E-state index in [1.807, 2.05) is 0 Å². The fourth-order valence-electron chi connectivity index (χ4n) is 4.51. The molecular weight excluding hydrogens is 236 g/mol. The van der Waals surface area contributed by atoms with Gasteiger partial charge in [-0.2, -0.15) is 0 Å². The summed E-state index contributed by atoms with van der Waals surface area (Å²) in [6, 6.07) is 1.04. The van der Waals surface area contributed by atoms with Crippen LogP contribution < -0.4 is 5.32 Å². The van der Waals surface area contributed by atoms with Crippen LogP contribution in [0.5, 0.6) is 0 Å². The summed E-state index contributed by atoms with van der Waals surface area (Å²) >= 11 is 0. The molecule has 3 aliphatic rings. The number of rotatable bonds is 2. The molecule has 3 heteroatoms. The lowest BCUT2D eigenvalue weighted by Gasteiger charge is -2.35. The molecule has 0 aromatic rings. The van der Waals surface area contributed by atoms with Crippen molar-refractivity contribution in [3.8, 4) is 0 Å². The second-order valence-corrected chi connectivity index (χ2v) is 7.38. The highest BCUT2D eigenvalue weighted by atomic mass is 16.2. The van der Waals surface area contributed by atoms with Gasteiger partial charge in [-0.3, -0.25) is 4.79 Å². The third kappa shape index (κ3) is 2.42. The van der Waals surface area contributed by atoms with Crippen molar-refractivity contribution in [1.29, 1.82) is 0 Å². The molecule has 1 N–H and O–H groups in total. The lowest BCUT2D eigenvalue weighted by molar-refractivity contribution is -0.139. The number of hydrogen-bond acceptors (Lipinski definition) is 2. The molecule has 0 aromatic heterocycles. The van der Waals surface area contributed by atoms with Crippen LogP contribution >= 0.6 is 0 Å². The molecule has 0 spiro atoms. The van der Waals surface area contributed by atoms with Gasteiger partial charge in [0.1, 0.15) is 0 Å². The molecule has 2 aliphatic heterocycles. The first-order valence-electron chi connectivity index (χ1n) is 8.13. The number of nitrogens with one attached hydrogen (secondary N) is 1. The first-order valence-corrected chi connectivity index (χ1v) is 8.13. The Morgan fingerprint density at radius 2 is 2.00 bits per heavy atom. The number of likely N-dealkylation sites (tertiary alicyclic amines) is 1. The highest BCUT2D eigenvalue weighted by Crippen LogP contribution is 2.44. The lowest BCUT2D eigenvalue weighted by Crippen LogP contribution is -2.49. The van der Waals surface area contributed by atoms with Gasteiger partial charge in [0.25, 0.3) is 0 Å². The van der Waals surface area contributed by atoms with E-state index in [0.29, 0.717) is 18.0 Å². The van der Waals surface area contributed by atoms with Crippen molar-refractivity contribution in [1.82, 2.24) is 10.2 Å². The van der Waals surface area contributed by atoms with E-state index >= 15 is 0 Å². The van der Waals surface area contributed by atoms with E-state index in [0.717, 1.165) is 19.5 Å². The zero-order valence-corrected chi connectivity index (χ0v) is 12.5. The average molecular weight is 264 g/mol. The molecule has 19 heavy (non-hydrogen) atoms. The predicted molar refractivity (Wildman–Crippen MR) is 76.9 cm³/mol. The Kier molecular flexibility index (Phi) is 3.59. The molecule has 3 atom stereocenters. The van der Waals surface area contributed by atoms with Crippen molar-refractivity contribution in [3.63, 3.8) is 0 Å². The maximum atomic E-state index is 12.9. The Morgan fingerprint density at radius 3 is 2.63 bits per heavy atom. The van der Waals surface area contributed by atoms with E-state index in [9.17, 15) is 4.79 Å². The van der Waals surface area contributed by atoms with Crippen molar-refractivity contribution in [2.24, 2.45) is 11.3 Å². The highest BCUT2D eigenvalue weighted by molar-refractivity contribution is 5.80. The summed E-state index contributed by atoms with van der Waals surface area (Å²) in [5, 5.41) is 3.60. The minimum absolute atomic E-state index is 0.216. The maximum absolute atomic E-state index is 12.9. The minimum atomic E-state index is 0.216. The molecule has 0 bridgehead atoms. The van der Waals surface area contributed by atoms with Crippen LogP contribution in [0.25, 0.3) is 0 Å². The molecule has 0 radical (unpaired) electrons. The topological polar surface area (TPSA) is 32.3 Å². The minimum Gasteiger partial charge on any atom is -0.338 e. The van der Waals surface area contributed by atoms with Gasteiger partial charge in [-0.05, 0) is 50.5 Å². The summed E-state index contributed by atoms with van der Waals surface area (Å²) in [6.45, 7) is 6.69. The van der Waals surface area contributed by atoms with E-state index in [1.54, 1.807) is 0 Å². The average Bonchev–Trinajstić information content (AvgIpc) is 3.06. The molecule has 2 heterocycles. The number of carbonyl (C=O) groups is 1. The van der Waals surface area contributed by atoms with Crippen molar-refractivity contribution >= 4 is 5.91 Å². The zero-order valence-electron chi connectivity index (χ0n) is 12.5. The van der Waals surface area contributed by atoms with Gasteiger partial charge in [0.2, 0.25) is 5.91 Å². The quantitative estimate of drug-likeness (QED) is 0.831. The van der Waals surface area contributed by atoms with Gasteiger partial charge in [-0.25, -0.2) is 0 Å². The van der Waals surface area contributed by atoms with Gasteiger partial charge in [0, 0.05) is 24.5 Å². The first-order chi connectivity index (χ1) is 9.09. The van der Waals surface area contributed by atoms with Crippen LogP contribution in [-0.4, -0.2) is 36.0 Å². The molecule has 108 valence electrons. The monoisotopic (exact) mass is 264 g/mol. The number of amides is 1. The second-order valence-electron chi connectivity index (χ2n) is 7.38. The summed E-state index contributed by atoms with van der Waals surface area (Å²) in [7, 11) is 0. The van der Waals surface area contributed by atoms with E-state index in [2.05, 4.69) is 24.1 Å². The van der Waals surface area contributed by atoms with E-state index in [1.165, 1.54) is 38.5 Å². The highest BCUT2D eigenvalue weighted by Gasteiger charge is 2.45. The third-order valence-corrected chi connectivity index (χ3v) is 5.70. The van der Waals surface area contributed by atoms with Gasteiger partial charge in [-0.1, -0.05) is 20.3 Å². The molecule has 1 aliphatic carbocycles. The Balaban J connectivity index is 1.71. The fourth-order valence-corrected chi connectivity index (χ4v) is 4.51. The van der Waals surface area contributed by atoms with Gasteiger partial charge in [-0.15, -0.1) is 0 Å². The van der Waals surface area contributed by atoms with Crippen LogP contribution in [0.3, 0.4) is 0 Å². The first kappa shape index (κ1) is 13.4. The van der Waals surface area contributed by atoms with Gasteiger partial charge >= 0.3 is 0 Å². The van der Waals surface area contributed by atoms with Crippen molar-refractivity contribution in [2.75, 3.05) is 13.1 Å². The van der Waals surface area contributed by atoms with Crippen LogP contribution in [0, 0.1) is 11.3 Å². The molecule has 3 fully saturated rings. The predicted octanol–water partition coefficient (Wildman–Crippen LogP) is 2.56. The summed E-state index contributed by atoms with van der Waals surface area (Å²) in [6.07, 6.45) is 8.47. The summed E-state index contributed by atoms with van der Waals surface area (Å²) in [5.41, 5.74) is 0.216. The molecule has 2 saturated heterocycles. The van der Waals surface area contributed by atoms with Crippen molar-refractivity contribution in [3.05, 3.63) is 0 Å². The zero-order chi connectivity index (χ0) is 13.5. The van der Waals surface area contributed by atoms with Crippen LogP contribution in [0.4, 0.5) is 0 Å². The Labute approximate surface area is 117 Å².